The van der Waals surface area contributed by atoms with Crippen LogP contribution in [0.3, 0.4) is 0 Å². The van der Waals surface area contributed by atoms with Crippen molar-refractivity contribution in [3.05, 3.63) is 58.7 Å². The molecule has 0 saturated heterocycles. The van der Waals surface area contributed by atoms with Crippen LogP contribution in [0.15, 0.2) is 47.6 Å². The summed E-state index contributed by atoms with van der Waals surface area (Å²) < 4.78 is 0. The zero-order valence-corrected chi connectivity index (χ0v) is 10.7. The lowest BCUT2D eigenvalue weighted by molar-refractivity contribution is 0.101. The molecule has 0 amide bonds. The zero-order chi connectivity index (χ0) is 12.4. The van der Waals surface area contributed by atoms with Gasteiger partial charge in [-0.15, -0.1) is 0 Å². The summed E-state index contributed by atoms with van der Waals surface area (Å²) in [5.41, 5.74) is 4.80. The van der Waals surface area contributed by atoms with E-state index in [1.807, 2.05) is 18.2 Å². The molecule has 1 aliphatic carbocycles. The van der Waals surface area contributed by atoms with Crippen LogP contribution in [0.4, 0.5) is 0 Å². The lowest BCUT2D eigenvalue weighted by atomic mass is 9.88. The monoisotopic (exact) mass is 226 g/mol. The fourth-order valence-corrected chi connectivity index (χ4v) is 2.44. The molecule has 1 nitrogen and oxygen atoms in total. The molecule has 0 bridgehead atoms. The van der Waals surface area contributed by atoms with Gasteiger partial charge in [0.1, 0.15) is 0 Å². The Morgan fingerprint density at radius 3 is 2.29 bits per heavy atom. The summed E-state index contributed by atoms with van der Waals surface area (Å²) in [7, 11) is 0. The third-order valence-electron chi connectivity index (χ3n) is 3.53. The Hall–Kier alpha value is -1.63. The third kappa shape index (κ3) is 2.38. The molecule has 17 heavy (non-hydrogen) atoms. The van der Waals surface area contributed by atoms with Crippen molar-refractivity contribution in [2.24, 2.45) is 5.92 Å². The first kappa shape index (κ1) is 11.8. The molecular weight excluding hydrogens is 208 g/mol. The highest BCUT2D eigenvalue weighted by atomic mass is 16.1. The summed E-state index contributed by atoms with van der Waals surface area (Å²) in [5.74, 6) is 0.623. The van der Waals surface area contributed by atoms with E-state index in [1.54, 1.807) is 6.92 Å². The molecule has 0 fully saturated rings. The Bertz CT molecular complexity index is 488. The normalized spacial score (nSPS) is 15.7. The van der Waals surface area contributed by atoms with Crippen LogP contribution in [0, 0.1) is 5.92 Å². The van der Waals surface area contributed by atoms with Gasteiger partial charge in [-0.3, -0.25) is 4.79 Å². The molecular formula is C16H18O. The van der Waals surface area contributed by atoms with Gasteiger partial charge in [-0.1, -0.05) is 47.6 Å². The predicted octanol–water partition coefficient (Wildman–Crippen LogP) is 3.95. The van der Waals surface area contributed by atoms with Crippen LogP contribution >= 0.6 is 0 Å². The van der Waals surface area contributed by atoms with E-state index in [4.69, 9.17) is 0 Å². The Balaban J connectivity index is 2.28. The SMILES string of the molecule is CC(=O)c1ccccc1CC1C(C)=CC=C1C. The molecule has 0 N–H and O–H groups in total. The highest BCUT2D eigenvalue weighted by Gasteiger charge is 2.19. The van der Waals surface area contributed by atoms with Gasteiger partial charge in [-0.2, -0.15) is 0 Å². The number of benzene rings is 1. The maximum Gasteiger partial charge on any atom is 0.160 e. The van der Waals surface area contributed by atoms with Crippen LogP contribution in [-0.4, -0.2) is 5.78 Å². The van der Waals surface area contributed by atoms with Gasteiger partial charge in [-0.05, 0) is 32.8 Å². The number of hydrogen-bond acceptors (Lipinski definition) is 1. The fourth-order valence-electron chi connectivity index (χ4n) is 2.44. The molecule has 2 rings (SSSR count). The minimum absolute atomic E-state index is 0.155. The van der Waals surface area contributed by atoms with Crippen LogP contribution in [0.5, 0.6) is 0 Å². The summed E-state index contributed by atoms with van der Waals surface area (Å²) >= 11 is 0. The van der Waals surface area contributed by atoms with Crippen molar-refractivity contribution in [3.63, 3.8) is 0 Å². The second-order valence-corrected chi connectivity index (χ2v) is 4.79. The molecule has 0 saturated carbocycles. The van der Waals surface area contributed by atoms with Crippen LogP contribution in [0.2, 0.25) is 0 Å². The van der Waals surface area contributed by atoms with E-state index >= 15 is 0 Å². The first-order valence-electron chi connectivity index (χ1n) is 6.03. The van der Waals surface area contributed by atoms with Crippen molar-refractivity contribution >= 4 is 5.78 Å². The van der Waals surface area contributed by atoms with Gasteiger partial charge in [-0.25, -0.2) is 0 Å². The Labute approximate surface area is 103 Å². The second-order valence-electron chi connectivity index (χ2n) is 4.79. The number of rotatable bonds is 3. The van der Waals surface area contributed by atoms with Crippen molar-refractivity contribution in [3.8, 4) is 0 Å². The summed E-state index contributed by atoms with van der Waals surface area (Å²) in [6.45, 7) is 5.96. The summed E-state index contributed by atoms with van der Waals surface area (Å²) in [6, 6.07) is 7.93. The average molecular weight is 226 g/mol. The number of hydrogen-bond donors (Lipinski definition) is 0. The topological polar surface area (TPSA) is 17.1 Å². The highest BCUT2D eigenvalue weighted by molar-refractivity contribution is 5.95. The van der Waals surface area contributed by atoms with Crippen LogP contribution in [0.1, 0.15) is 36.7 Å². The predicted molar refractivity (Wildman–Crippen MR) is 71.2 cm³/mol. The molecule has 0 atom stereocenters. The first-order chi connectivity index (χ1) is 8.09. The van der Waals surface area contributed by atoms with Gasteiger partial charge in [0, 0.05) is 11.5 Å². The van der Waals surface area contributed by atoms with E-state index in [2.05, 4.69) is 32.1 Å². The van der Waals surface area contributed by atoms with E-state index in [9.17, 15) is 4.79 Å². The fraction of sp³-hybridized carbons (Fsp3) is 0.312. The lowest BCUT2D eigenvalue weighted by Gasteiger charge is -2.16. The number of allylic oxidation sites excluding steroid dienone is 4. The molecule has 0 radical (unpaired) electrons. The Morgan fingerprint density at radius 1 is 1.12 bits per heavy atom. The van der Waals surface area contributed by atoms with E-state index < -0.39 is 0 Å². The molecule has 0 unspecified atom stereocenters. The second kappa shape index (κ2) is 4.70. The minimum Gasteiger partial charge on any atom is -0.295 e. The van der Waals surface area contributed by atoms with Crippen molar-refractivity contribution < 1.29 is 4.79 Å². The summed E-state index contributed by atoms with van der Waals surface area (Å²) in [5, 5.41) is 0. The van der Waals surface area contributed by atoms with Crippen LogP contribution in [-0.2, 0) is 6.42 Å². The minimum atomic E-state index is 0.155. The average Bonchev–Trinajstić information content (AvgIpc) is 2.61. The number of carbonyl (C=O) groups is 1. The molecule has 1 aromatic rings. The molecule has 1 heteroatoms. The number of Topliss-reactive ketones (excluding diaryl/α,β-unsaturated/α-hetero) is 1. The molecule has 0 aromatic heterocycles. The number of carbonyl (C=O) groups excluding carboxylic acids is 1. The van der Waals surface area contributed by atoms with Crippen LogP contribution in [0.25, 0.3) is 0 Å². The summed E-state index contributed by atoms with van der Waals surface area (Å²) in [6.07, 6.45) is 5.28. The van der Waals surface area contributed by atoms with Gasteiger partial charge >= 0.3 is 0 Å². The maximum atomic E-state index is 11.6. The Kier molecular flexibility index (Phi) is 3.28. The third-order valence-corrected chi connectivity index (χ3v) is 3.53. The number of ketones is 1. The standard InChI is InChI=1S/C16H18O/c1-11-8-9-12(2)16(11)10-14-6-4-5-7-15(14)13(3)17/h4-9,16H,10H2,1-3H3. The molecule has 0 aliphatic heterocycles. The van der Waals surface area contributed by atoms with Crippen molar-refractivity contribution in [2.75, 3.05) is 0 Å². The van der Waals surface area contributed by atoms with E-state index in [0.717, 1.165) is 17.5 Å². The van der Waals surface area contributed by atoms with Gasteiger partial charge in [0.25, 0.3) is 0 Å². The highest BCUT2D eigenvalue weighted by Crippen LogP contribution is 2.30. The molecule has 1 aliphatic rings. The van der Waals surface area contributed by atoms with Crippen molar-refractivity contribution in [1.82, 2.24) is 0 Å². The maximum absolute atomic E-state index is 11.6. The van der Waals surface area contributed by atoms with Crippen molar-refractivity contribution in [2.45, 2.75) is 27.2 Å². The van der Waals surface area contributed by atoms with Gasteiger partial charge in [0.05, 0.1) is 0 Å². The largest absolute Gasteiger partial charge is 0.295 e. The Morgan fingerprint density at radius 2 is 1.71 bits per heavy atom. The molecule has 0 heterocycles. The summed E-state index contributed by atoms with van der Waals surface area (Å²) in [4.78, 5) is 11.6. The molecule has 1 aromatic carbocycles. The van der Waals surface area contributed by atoms with E-state index in [1.165, 1.54) is 11.1 Å². The zero-order valence-electron chi connectivity index (χ0n) is 10.7. The first-order valence-corrected chi connectivity index (χ1v) is 6.03. The van der Waals surface area contributed by atoms with Gasteiger partial charge < -0.3 is 0 Å². The van der Waals surface area contributed by atoms with Crippen LogP contribution < -0.4 is 0 Å². The van der Waals surface area contributed by atoms with Crippen molar-refractivity contribution in [1.29, 1.82) is 0 Å². The smallest absolute Gasteiger partial charge is 0.160 e. The van der Waals surface area contributed by atoms with E-state index in [0.29, 0.717) is 5.92 Å². The molecule has 88 valence electrons. The van der Waals surface area contributed by atoms with Gasteiger partial charge in [0.15, 0.2) is 5.78 Å². The lowest BCUT2D eigenvalue weighted by Crippen LogP contribution is -2.08. The van der Waals surface area contributed by atoms with E-state index in [-0.39, 0.29) is 5.78 Å². The molecule has 0 spiro atoms. The quantitative estimate of drug-likeness (QED) is 0.713. The van der Waals surface area contributed by atoms with Gasteiger partial charge in [0.2, 0.25) is 0 Å².